The summed E-state index contributed by atoms with van der Waals surface area (Å²) >= 11 is 0. The van der Waals surface area contributed by atoms with E-state index in [4.69, 9.17) is 4.74 Å². The summed E-state index contributed by atoms with van der Waals surface area (Å²) in [6, 6.07) is 7.92. The van der Waals surface area contributed by atoms with Crippen molar-refractivity contribution in [1.82, 2.24) is 14.4 Å². The number of hydrogen-bond acceptors (Lipinski definition) is 3. The second-order valence-electron chi connectivity index (χ2n) is 3.90. The van der Waals surface area contributed by atoms with Crippen LogP contribution in [-0.4, -0.2) is 21.0 Å². The summed E-state index contributed by atoms with van der Waals surface area (Å²) in [5, 5.41) is 0. The SMILES string of the molecule is CCOc1ccccc1-c1cn2ccncc2n1. The fraction of sp³-hybridized carbons (Fsp3) is 0.143. The van der Waals surface area contributed by atoms with Gasteiger partial charge in [-0.15, -0.1) is 0 Å². The first-order valence-electron chi connectivity index (χ1n) is 5.89. The second kappa shape index (κ2) is 4.49. The summed E-state index contributed by atoms with van der Waals surface area (Å²) in [5.41, 5.74) is 2.73. The Kier molecular flexibility index (Phi) is 2.68. The van der Waals surface area contributed by atoms with Crippen molar-refractivity contribution >= 4 is 5.65 Å². The molecule has 4 nitrogen and oxygen atoms in total. The highest BCUT2D eigenvalue weighted by Gasteiger charge is 2.09. The van der Waals surface area contributed by atoms with Crippen molar-refractivity contribution in [3.63, 3.8) is 0 Å². The lowest BCUT2D eigenvalue weighted by Gasteiger charge is -2.07. The molecule has 0 fully saturated rings. The smallest absolute Gasteiger partial charge is 0.155 e. The minimum atomic E-state index is 0.645. The molecule has 0 saturated heterocycles. The summed E-state index contributed by atoms with van der Waals surface area (Å²) in [7, 11) is 0. The Morgan fingerprint density at radius 2 is 2.17 bits per heavy atom. The number of imidazole rings is 1. The van der Waals surface area contributed by atoms with Gasteiger partial charge < -0.3 is 9.14 Å². The van der Waals surface area contributed by atoms with Crippen LogP contribution in [0.4, 0.5) is 0 Å². The van der Waals surface area contributed by atoms with Crippen molar-refractivity contribution in [2.75, 3.05) is 6.61 Å². The van der Waals surface area contributed by atoms with Crippen molar-refractivity contribution in [2.45, 2.75) is 6.92 Å². The Labute approximate surface area is 105 Å². The van der Waals surface area contributed by atoms with Gasteiger partial charge in [-0.25, -0.2) is 4.98 Å². The molecular weight excluding hydrogens is 226 g/mol. The van der Waals surface area contributed by atoms with Gasteiger partial charge >= 0.3 is 0 Å². The fourth-order valence-electron chi connectivity index (χ4n) is 1.93. The van der Waals surface area contributed by atoms with E-state index in [1.807, 2.05) is 48.0 Å². The molecule has 2 aromatic heterocycles. The van der Waals surface area contributed by atoms with Crippen molar-refractivity contribution in [3.05, 3.63) is 49.1 Å². The van der Waals surface area contributed by atoms with E-state index in [2.05, 4.69) is 9.97 Å². The lowest BCUT2D eigenvalue weighted by Crippen LogP contribution is -1.93. The molecule has 0 amide bonds. The molecule has 1 aromatic carbocycles. The van der Waals surface area contributed by atoms with Gasteiger partial charge in [-0.3, -0.25) is 4.98 Å². The molecule has 3 rings (SSSR count). The van der Waals surface area contributed by atoms with Gasteiger partial charge in [-0.2, -0.15) is 0 Å². The molecule has 0 spiro atoms. The van der Waals surface area contributed by atoms with Gasteiger partial charge in [0.2, 0.25) is 0 Å². The number of hydrogen-bond donors (Lipinski definition) is 0. The minimum absolute atomic E-state index is 0.645. The van der Waals surface area contributed by atoms with Gasteiger partial charge in [-0.05, 0) is 19.1 Å². The van der Waals surface area contributed by atoms with Gasteiger partial charge in [0.1, 0.15) is 5.75 Å². The monoisotopic (exact) mass is 239 g/mol. The van der Waals surface area contributed by atoms with E-state index < -0.39 is 0 Å². The molecule has 0 N–H and O–H groups in total. The number of nitrogens with zero attached hydrogens (tertiary/aromatic N) is 3. The summed E-state index contributed by atoms with van der Waals surface area (Å²) in [6.07, 6.45) is 7.35. The van der Waals surface area contributed by atoms with Crippen LogP contribution in [0.1, 0.15) is 6.92 Å². The van der Waals surface area contributed by atoms with E-state index in [-0.39, 0.29) is 0 Å². The maximum atomic E-state index is 5.62. The second-order valence-corrected chi connectivity index (χ2v) is 3.90. The van der Waals surface area contributed by atoms with Gasteiger partial charge in [0.05, 0.1) is 18.5 Å². The van der Waals surface area contributed by atoms with Gasteiger partial charge in [-0.1, -0.05) is 12.1 Å². The molecule has 0 aliphatic rings. The number of fused-ring (bicyclic) bond motifs is 1. The topological polar surface area (TPSA) is 39.4 Å². The highest BCUT2D eigenvalue weighted by Crippen LogP contribution is 2.29. The van der Waals surface area contributed by atoms with E-state index in [1.54, 1.807) is 12.4 Å². The molecule has 0 bridgehead atoms. The van der Waals surface area contributed by atoms with Crippen LogP contribution in [0.15, 0.2) is 49.1 Å². The molecular formula is C14H13N3O. The van der Waals surface area contributed by atoms with E-state index in [0.717, 1.165) is 22.7 Å². The first-order valence-corrected chi connectivity index (χ1v) is 5.89. The number of benzene rings is 1. The zero-order chi connectivity index (χ0) is 12.4. The predicted molar refractivity (Wildman–Crippen MR) is 69.6 cm³/mol. The molecule has 0 radical (unpaired) electrons. The molecule has 4 heteroatoms. The standard InChI is InChI=1S/C14H13N3O/c1-2-18-13-6-4-3-5-11(13)12-10-17-8-7-15-9-14(17)16-12/h3-10H,2H2,1H3. The number of rotatable bonds is 3. The van der Waals surface area contributed by atoms with Crippen LogP contribution in [0.3, 0.4) is 0 Å². The van der Waals surface area contributed by atoms with Crippen molar-refractivity contribution < 1.29 is 4.74 Å². The van der Waals surface area contributed by atoms with Crippen molar-refractivity contribution in [2.24, 2.45) is 0 Å². The van der Waals surface area contributed by atoms with E-state index in [1.165, 1.54) is 0 Å². The molecule has 90 valence electrons. The van der Waals surface area contributed by atoms with Gasteiger partial charge in [0, 0.05) is 24.2 Å². The minimum Gasteiger partial charge on any atom is -0.493 e. The van der Waals surface area contributed by atoms with Crippen LogP contribution in [0.5, 0.6) is 5.75 Å². The quantitative estimate of drug-likeness (QED) is 0.705. The molecule has 0 saturated carbocycles. The average Bonchev–Trinajstić information content (AvgIpc) is 2.83. The Morgan fingerprint density at radius 1 is 1.28 bits per heavy atom. The Hall–Kier alpha value is -2.36. The van der Waals surface area contributed by atoms with Crippen LogP contribution in [-0.2, 0) is 0 Å². The molecule has 0 atom stereocenters. The van der Waals surface area contributed by atoms with Crippen LogP contribution in [0, 0.1) is 0 Å². The van der Waals surface area contributed by atoms with E-state index >= 15 is 0 Å². The summed E-state index contributed by atoms with van der Waals surface area (Å²) < 4.78 is 7.57. The summed E-state index contributed by atoms with van der Waals surface area (Å²) in [5.74, 6) is 0.858. The Balaban J connectivity index is 2.13. The van der Waals surface area contributed by atoms with E-state index in [0.29, 0.717) is 6.61 Å². The normalized spacial score (nSPS) is 10.7. The third-order valence-corrected chi connectivity index (χ3v) is 2.73. The third-order valence-electron chi connectivity index (χ3n) is 2.73. The maximum Gasteiger partial charge on any atom is 0.155 e. The first kappa shape index (κ1) is 10.8. The lowest BCUT2D eigenvalue weighted by atomic mass is 10.1. The molecule has 3 aromatic rings. The van der Waals surface area contributed by atoms with Crippen molar-refractivity contribution in [3.8, 4) is 17.0 Å². The number of aromatic nitrogens is 3. The van der Waals surface area contributed by atoms with E-state index in [9.17, 15) is 0 Å². The third kappa shape index (κ3) is 1.82. The first-order chi connectivity index (χ1) is 8.88. The number of para-hydroxylation sites is 1. The van der Waals surface area contributed by atoms with Crippen molar-refractivity contribution in [1.29, 1.82) is 0 Å². The summed E-state index contributed by atoms with van der Waals surface area (Å²) in [6.45, 7) is 2.62. The van der Waals surface area contributed by atoms with Gasteiger partial charge in [0.25, 0.3) is 0 Å². The average molecular weight is 239 g/mol. The fourth-order valence-corrected chi connectivity index (χ4v) is 1.93. The van der Waals surface area contributed by atoms with Crippen LogP contribution < -0.4 is 4.74 Å². The molecule has 0 unspecified atom stereocenters. The Bertz CT molecular complexity index is 642. The van der Waals surface area contributed by atoms with Gasteiger partial charge in [0.15, 0.2) is 5.65 Å². The van der Waals surface area contributed by atoms with Crippen LogP contribution in [0.25, 0.3) is 16.9 Å². The lowest BCUT2D eigenvalue weighted by molar-refractivity contribution is 0.341. The van der Waals surface area contributed by atoms with Crippen LogP contribution >= 0.6 is 0 Å². The highest BCUT2D eigenvalue weighted by molar-refractivity contribution is 5.68. The maximum absolute atomic E-state index is 5.62. The highest BCUT2D eigenvalue weighted by atomic mass is 16.5. The zero-order valence-corrected chi connectivity index (χ0v) is 10.1. The largest absolute Gasteiger partial charge is 0.493 e. The Morgan fingerprint density at radius 3 is 3.00 bits per heavy atom. The molecule has 0 aliphatic heterocycles. The summed E-state index contributed by atoms with van der Waals surface area (Å²) in [4.78, 5) is 8.61. The van der Waals surface area contributed by atoms with Crippen LogP contribution in [0.2, 0.25) is 0 Å². The predicted octanol–water partition coefficient (Wildman–Crippen LogP) is 2.80. The molecule has 0 aliphatic carbocycles. The zero-order valence-electron chi connectivity index (χ0n) is 10.1. The molecule has 18 heavy (non-hydrogen) atoms. The number of ether oxygens (including phenoxy) is 1. The molecule has 2 heterocycles.